The quantitative estimate of drug-likeness (QED) is 0.765. The van der Waals surface area contributed by atoms with E-state index in [1.54, 1.807) is 14.2 Å². The Balaban J connectivity index is 1.79. The second-order valence-electron chi connectivity index (χ2n) is 7.39. The van der Waals surface area contributed by atoms with Crippen molar-refractivity contribution in [2.75, 3.05) is 20.8 Å². The number of benzene rings is 2. The maximum Gasteiger partial charge on any atom is 0.223 e. The Bertz CT molecular complexity index is 702. The van der Waals surface area contributed by atoms with E-state index >= 15 is 0 Å². The molecule has 1 saturated carbocycles. The topological polar surface area (TPSA) is 67.8 Å². The summed E-state index contributed by atoms with van der Waals surface area (Å²) in [7, 11) is 3.28. The van der Waals surface area contributed by atoms with Gasteiger partial charge < -0.3 is 19.9 Å². The molecule has 1 amide bonds. The van der Waals surface area contributed by atoms with Gasteiger partial charge in [-0.1, -0.05) is 24.3 Å². The summed E-state index contributed by atoms with van der Waals surface area (Å²) in [4.78, 5) is 13.0. The number of aliphatic hydroxyl groups is 1. The summed E-state index contributed by atoms with van der Waals surface area (Å²) in [5, 5.41) is 12.6. The molecule has 150 valence electrons. The summed E-state index contributed by atoms with van der Waals surface area (Å²) in [6.07, 6.45) is 3.47. The third-order valence-corrected chi connectivity index (χ3v) is 5.66. The number of carbonyl (C=O) groups excluding carboxylic acids is 1. The molecule has 5 nitrogen and oxygen atoms in total. The zero-order valence-corrected chi connectivity index (χ0v) is 16.6. The maximum atomic E-state index is 13.0. The van der Waals surface area contributed by atoms with Crippen LogP contribution in [0.5, 0.6) is 11.5 Å². The van der Waals surface area contributed by atoms with E-state index in [-0.39, 0.29) is 24.5 Å². The van der Waals surface area contributed by atoms with Gasteiger partial charge in [-0.15, -0.1) is 0 Å². The van der Waals surface area contributed by atoms with Gasteiger partial charge in [-0.3, -0.25) is 4.79 Å². The molecule has 0 spiro atoms. The fraction of sp³-hybridized carbons (Fsp3) is 0.435. The molecule has 28 heavy (non-hydrogen) atoms. The number of hydrogen-bond acceptors (Lipinski definition) is 4. The molecular weight excluding hydrogens is 354 g/mol. The Hall–Kier alpha value is -2.53. The number of hydrogen-bond donors (Lipinski definition) is 2. The Morgan fingerprint density at radius 1 is 0.929 bits per heavy atom. The first kappa shape index (κ1) is 20.2. The zero-order chi connectivity index (χ0) is 19.9. The highest BCUT2D eigenvalue weighted by atomic mass is 16.5. The normalized spacial score (nSPS) is 19.3. The lowest BCUT2D eigenvalue weighted by atomic mass is 9.81. The van der Waals surface area contributed by atoms with Crippen LogP contribution in [0.15, 0.2) is 48.5 Å². The van der Waals surface area contributed by atoms with Crippen molar-refractivity contribution in [3.8, 4) is 11.5 Å². The van der Waals surface area contributed by atoms with Crippen LogP contribution >= 0.6 is 0 Å². The third kappa shape index (κ3) is 4.84. The molecule has 0 saturated heterocycles. The van der Waals surface area contributed by atoms with Crippen molar-refractivity contribution < 1.29 is 19.4 Å². The summed E-state index contributed by atoms with van der Waals surface area (Å²) < 4.78 is 10.5. The summed E-state index contributed by atoms with van der Waals surface area (Å²) in [6.45, 7) is 0.217. The van der Waals surface area contributed by atoms with E-state index in [0.29, 0.717) is 5.92 Å². The van der Waals surface area contributed by atoms with Crippen LogP contribution in [0.2, 0.25) is 0 Å². The first-order valence-corrected chi connectivity index (χ1v) is 9.83. The SMILES string of the molecule is COc1ccc(C(NC(=O)C2CCC(CO)CC2)c2ccc(OC)cc2)cc1. The van der Waals surface area contributed by atoms with Gasteiger partial charge in [0.25, 0.3) is 0 Å². The third-order valence-electron chi connectivity index (χ3n) is 5.66. The predicted octanol–water partition coefficient (Wildman–Crippen LogP) is 3.71. The predicted molar refractivity (Wildman–Crippen MR) is 109 cm³/mol. The van der Waals surface area contributed by atoms with Crippen LogP contribution in [0.3, 0.4) is 0 Å². The van der Waals surface area contributed by atoms with Gasteiger partial charge in [0, 0.05) is 12.5 Å². The number of ether oxygens (including phenoxy) is 2. The standard InChI is InChI=1S/C23H29NO4/c1-27-20-11-7-17(8-12-20)22(18-9-13-21(28-2)14-10-18)24-23(26)19-5-3-16(15-25)4-6-19/h7-14,16,19,22,25H,3-6,15H2,1-2H3,(H,24,26). The van der Waals surface area contributed by atoms with Crippen LogP contribution in [-0.2, 0) is 4.79 Å². The number of methoxy groups -OCH3 is 2. The van der Waals surface area contributed by atoms with Gasteiger partial charge in [0.05, 0.1) is 20.3 Å². The number of carbonyl (C=O) groups is 1. The summed E-state index contributed by atoms with van der Waals surface area (Å²) in [5.74, 6) is 1.98. The van der Waals surface area contributed by atoms with Crippen LogP contribution in [-0.4, -0.2) is 31.8 Å². The maximum absolute atomic E-state index is 13.0. The van der Waals surface area contributed by atoms with Crippen molar-refractivity contribution in [2.24, 2.45) is 11.8 Å². The summed E-state index contributed by atoms with van der Waals surface area (Å²) >= 11 is 0. The fourth-order valence-electron chi connectivity index (χ4n) is 3.82. The van der Waals surface area contributed by atoms with E-state index in [4.69, 9.17) is 9.47 Å². The minimum atomic E-state index is -0.236. The molecule has 0 atom stereocenters. The van der Waals surface area contributed by atoms with E-state index in [0.717, 1.165) is 48.3 Å². The van der Waals surface area contributed by atoms with E-state index in [1.165, 1.54) is 0 Å². The molecule has 0 radical (unpaired) electrons. The fourth-order valence-corrected chi connectivity index (χ4v) is 3.82. The molecule has 2 aromatic carbocycles. The van der Waals surface area contributed by atoms with Crippen LogP contribution in [0.4, 0.5) is 0 Å². The van der Waals surface area contributed by atoms with Crippen molar-refractivity contribution >= 4 is 5.91 Å². The lowest BCUT2D eigenvalue weighted by Crippen LogP contribution is -2.36. The van der Waals surface area contributed by atoms with Crippen LogP contribution < -0.4 is 14.8 Å². The molecule has 0 unspecified atom stereocenters. The average Bonchev–Trinajstić information content (AvgIpc) is 2.77. The molecule has 3 rings (SSSR count). The van der Waals surface area contributed by atoms with Crippen molar-refractivity contribution in [1.29, 1.82) is 0 Å². The molecule has 1 aliphatic carbocycles. The molecule has 2 aromatic rings. The highest BCUT2D eigenvalue weighted by Crippen LogP contribution is 2.31. The van der Waals surface area contributed by atoms with Gasteiger partial charge in [0.2, 0.25) is 5.91 Å². The lowest BCUT2D eigenvalue weighted by Gasteiger charge is -2.29. The van der Waals surface area contributed by atoms with E-state index < -0.39 is 0 Å². The van der Waals surface area contributed by atoms with Gasteiger partial charge in [-0.2, -0.15) is 0 Å². The summed E-state index contributed by atoms with van der Waals surface area (Å²) in [6, 6.07) is 15.3. The molecule has 0 bridgehead atoms. The van der Waals surface area contributed by atoms with Gasteiger partial charge in [-0.25, -0.2) is 0 Å². The van der Waals surface area contributed by atoms with Crippen LogP contribution in [0, 0.1) is 11.8 Å². The number of rotatable bonds is 7. The molecule has 0 aromatic heterocycles. The molecule has 5 heteroatoms. The molecule has 1 fully saturated rings. The lowest BCUT2D eigenvalue weighted by molar-refractivity contribution is -0.126. The minimum Gasteiger partial charge on any atom is -0.497 e. The monoisotopic (exact) mass is 383 g/mol. The molecule has 2 N–H and O–H groups in total. The molecule has 0 aliphatic heterocycles. The van der Waals surface area contributed by atoms with Crippen LogP contribution in [0.1, 0.15) is 42.9 Å². The highest BCUT2D eigenvalue weighted by Gasteiger charge is 2.28. The first-order chi connectivity index (χ1) is 13.6. The van der Waals surface area contributed by atoms with Gasteiger partial charge in [0.1, 0.15) is 11.5 Å². The van der Waals surface area contributed by atoms with Gasteiger partial charge in [-0.05, 0) is 67.0 Å². The van der Waals surface area contributed by atoms with Crippen molar-refractivity contribution in [2.45, 2.75) is 31.7 Å². The Kier molecular flexibility index (Phi) is 6.93. The van der Waals surface area contributed by atoms with E-state index in [9.17, 15) is 9.90 Å². The number of amides is 1. The zero-order valence-electron chi connectivity index (χ0n) is 16.6. The number of aliphatic hydroxyl groups excluding tert-OH is 1. The van der Waals surface area contributed by atoms with E-state index in [2.05, 4.69) is 5.32 Å². The second kappa shape index (κ2) is 9.60. The molecule has 1 aliphatic rings. The Morgan fingerprint density at radius 2 is 1.39 bits per heavy atom. The Morgan fingerprint density at radius 3 is 1.79 bits per heavy atom. The second-order valence-corrected chi connectivity index (χ2v) is 7.39. The van der Waals surface area contributed by atoms with Crippen LogP contribution in [0.25, 0.3) is 0 Å². The average molecular weight is 383 g/mol. The number of nitrogens with one attached hydrogen (secondary N) is 1. The molecular formula is C23H29NO4. The van der Waals surface area contributed by atoms with Crippen molar-refractivity contribution in [1.82, 2.24) is 5.32 Å². The Labute approximate surface area is 166 Å². The van der Waals surface area contributed by atoms with Crippen molar-refractivity contribution in [3.05, 3.63) is 59.7 Å². The summed E-state index contributed by atoms with van der Waals surface area (Å²) in [5.41, 5.74) is 2.01. The largest absolute Gasteiger partial charge is 0.497 e. The highest BCUT2D eigenvalue weighted by molar-refractivity contribution is 5.79. The van der Waals surface area contributed by atoms with Gasteiger partial charge >= 0.3 is 0 Å². The van der Waals surface area contributed by atoms with Crippen molar-refractivity contribution in [3.63, 3.8) is 0 Å². The van der Waals surface area contributed by atoms with Gasteiger partial charge in [0.15, 0.2) is 0 Å². The first-order valence-electron chi connectivity index (χ1n) is 9.83. The minimum absolute atomic E-state index is 0.00166. The molecule has 0 heterocycles. The smallest absolute Gasteiger partial charge is 0.223 e. The van der Waals surface area contributed by atoms with E-state index in [1.807, 2.05) is 48.5 Å².